The van der Waals surface area contributed by atoms with Crippen LogP contribution in [-0.4, -0.2) is 94.1 Å². The average molecular weight is 552 g/mol. The molecule has 6 rings (SSSR count). The van der Waals surface area contributed by atoms with Crippen LogP contribution in [0.3, 0.4) is 0 Å². The van der Waals surface area contributed by atoms with E-state index in [9.17, 15) is 13.9 Å². The minimum Gasteiger partial charge on any atom is -0.354 e. The van der Waals surface area contributed by atoms with Crippen molar-refractivity contribution in [1.82, 2.24) is 34.8 Å². The molecule has 2 aliphatic heterocycles. The van der Waals surface area contributed by atoms with E-state index >= 15 is 0 Å². The molecule has 3 aromatic heterocycles. The number of piperidine rings is 1. The minimum atomic E-state index is -2.44. The third-order valence-electron chi connectivity index (χ3n) is 8.35. The number of nitrogens with zero attached hydrogens (tertiary/aromatic N) is 6. The summed E-state index contributed by atoms with van der Waals surface area (Å²) >= 11 is 0. The summed E-state index contributed by atoms with van der Waals surface area (Å²) in [5, 5.41) is 13.3. The first kappa shape index (κ1) is 26.2. The second kappa shape index (κ2) is 10.2. The molecule has 1 aromatic carbocycles. The fraction of sp³-hybridized carbons (Fsp3) is 0.500. The number of aromatic amines is 1. The molecular formula is C28H37N7O3S. The van der Waals surface area contributed by atoms with Crippen LogP contribution in [0.4, 0.5) is 0 Å². The average Bonchev–Trinajstić information content (AvgIpc) is 3.55. The van der Waals surface area contributed by atoms with Crippen molar-refractivity contribution >= 4 is 33.0 Å². The van der Waals surface area contributed by atoms with Gasteiger partial charge < -0.3 is 9.88 Å². The first-order valence-corrected chi connectivity index (χ1v) is 15.6. The van der Waals surface area contributed by atoms with Crippen molar-refractivity contribution < 1.29 is 13.9 Å². The van der Waals surface area contributed by atoms with Crippen LogP contribution < -0.4 is 0 Å². The lowest BCUT2D eigenvalue weighted by molar-refractivity contribution is -0.133. The second-order valence-electron chi connectivity index (χ2n) is 11.4. The number of carbonyl (C=O) groups excluding carboxylic acids is 1. The van der Waals surface area contributed by atoms with Gasteiger partial charge >= 0.3 is 0 Å². The Labute approximate surface area is 229 Å². The third kappa shape index (κ3) is 5.16. The highest BCUT2D eigenvalue weighted by Crippen LogP contribution is 2.41. The number of hydrogen-bond acceptors (Lipinski definition) is 7. The molecule has 2 aliphatic rings. The molecule has 3 N–H and O–H groups in total. The van der Waals surface area contributed by atoms with Crippen LogP contribution in [0.25, 0.3) is 27.8 Å². The van der Waals surface area contributed by atoms with Gasteiger partial charge in [0.25, 0.3) is 0 Å². The first-order valence-electron chi connectivity index (χ1n) is 13.8. The maximum Gasteiger partial charge on any atom is 0.236 e. The predicted molar refractivity (Wildman–Crippen MR) is 154 cm³/mol. The Balaban J connectivity index is 1.19. The predicted octanol–water partition coefficient (Wildman–Crippen LogP) is 4.48. The molecule has 0 saturated carbocycles. The number of fused-ring (bicyclic) bond motifs is 2. The van der Waals surface area contributed by atoms with Gasteiger partial charge in [-0.1, -0.05) is 19.9 Å². The normalized spacial score (nSPS) is 19.8. The molecular weight excluding hydrogens is 514 g/mol. The molecule has 39 heavy (non-hydrogen) atoms. The Bertz CT molecular complexity index is 1510. The Morgan fingerprint density at radius 2 is 1.87 bits per heavy atom. The standard InChI is InChI=1S/C28H37N7O3S/c1-18(2)26-23-15-21(4-5-24(23)29-27(26)22-14-19(3)28-30-31-32-35(28)16-22)20-6-8-34(9-7-20)25(36)17-33-10-12-39(37,38)13-11-33/h4-5,14-16,18,20,29,37-38H,6-13,17H2,1-3H3. The lowest BCUT2D eigenvalue weighted by Gasteiger charge is -2.41. The van der Waals surface area contributed by atoms with Crippen molar-refractivity contribution in [3.63, 3.8) is 0 Å². The number of pyridine rings is 1. The Morgan fingerprint density at radius 3 is 2.59 bits per heavy atom. The van der Waals surface area contributed by atoms with E-state index in [-0.39, 0.29) is 5.91 Å². The van der Waals surface area contributed by atoms with E-state index in [0.717, 1.165) is 53.9 Å². The molecule has 4 aromatic rings. The van der Waals surface area contributed by atoms with Gasteiger partial charge in [0.2, 0.25) is 5.91 Å². The van der Waals surface area contributed by atoms with Crippen LogP contribution in [0.5, 0.6) is 0 Å². The Kier molecular flexibility index (Phi) is 6.86. The SMILES string of the molecule is Cc1cc(-c2[nH]c3ccc(C4CCN(C(=O)CN5CCS(O)(O)CC5)CC4)cc3c2C(C)C)cn2nnnc12. The highest BCUT2D eigenvalue weighted by Gasteiger charge is 2.28. The number of aromatic nitrogens is 5. The van der Waals surface area contributed by atoms with Crippen LogP contribution in [0.2, 0.25) is 0 Å². The zero-order chi connectivity index (χ0) is 27.3. The van der Waals surface area contributed by atoms with Crippen LogP contribution in [-0.2, 0) is 4.79 Å². The van der Waals surface area contributed by atoms with Gasteiger partial charge in [-0.15, -0.1) is 5.10 Å². The number of benzene rings is 1. The van der Waals surface area contributed by atoms with Crippen molar-refractivity contribution in [3.05, 3.63) is 47.2 Å². The van der Waals surface area contributed by atoms with E-state index < -0.39 is 10.6 Å². The zero-order valence-corrected chi connectivity index (χ0v) is 23.6. The summed E-state index contributed by atoms with van der Waals surface area (Å²) < 4.78 is 21.4. The van der Waals surface area contributed by atoms with Gasteiger partial charge in [-0.05, 0) is 76.9 Å². The molecule has 2 fully saturated rings. The largest absolute Gasteiger partial charge is 0.354 e. The third-order valence-corrected chi connectivity index (χ3v) is 10.0. The quantitative estimate of drug-likeness (QED) is 0.334. The smallest absolute Gasteiger partial charge is 0.236 e. The monoisotopic (exact) mass is 551 g/mol. The number of aryl methyl sites for hydroxylation is 1. The van der Waals surface area contributed by atoms with Crippen LogP contribution in [0.15, 0.2) is 30.5 Å². The summed E-state index contributed by atoms with van der Waals surface area (Å²) in [4.78, 5) is 20.6. The van der Waals surface area contributed by atoms with Gasteiger partial charge in [0, 0.05) is 48.8 Å². The summed E-state index contributed by atoms with van der Waals surface area (Å²) in [7, 11) is -2.44. The fourth-order valence-corrected chi connectivity index (χ4v) is 7.44. The van der Waals surface area contributed by atoms with Gasteiger partial charge in [-0.2, -0.15) is 15.1 Å². The summed E-state index contributed by atoms with van der Waals surface area (Å²) in [5.41, 5.74) is 7.72. The van der Waals surface area contributed by atoms with Crippen molar-refractivity contribution in [2.75, 3.05) is 44.2 Å². The number of nitrogens with one attached hydrogen (secondary N) is 1. The summed E-state index contributed by atoms with van der Waals surface area (Å²) in [5.74, 6) is 1.63. The molecule has 10 nitrogen and oxygen atoms in total. The fourth-order valence-electron chi connectivity index (χ4n) is 6.13. The number of carbonyl (C=O) groups is 1. The molecule has 0 atom stereocenters. The van der Waals surface area contributed by atoms with E-state index in [2.05, 4.69) is 63.5 Å². The number of amides is 1. The Hall–Kier alpha value is -2.99. The minimum absolute atomic E-state index is 0.148. The molecule has 0 unspecified atom stereocenters. The number of hydrogen-bond donors (Lipinski definition) is 3. The van der Waals surface area contributed by atoms with E-state index in [1.165, 1.54) is 16.5 Å². The van der Waals surface area contributed by atoms with Gasteiger partial charge in [-0.25, -0.2) is 0 Å². The van der Waals surface area contributed by atoms with Crippen molar-refractivity contribution in [2.24, 2.45) is 0 Å². The summed E-state index contributed by atoms with van der Waals surface area (Å²) in [6, 6.07) is 8.92. The van der Waals surface area contributed by atoms with Gasteiger partial charge in [-0.3, -0.25) is 18.8 Å². The number of H-pyrrole nitrogens is 1. The van der Waals surface area contributed by atoms with Gasteiger partial charge in [0.1, 0.15) is 0 Å². The maximum absolute atomic E-state index is 12.9. The summed E-state index contributed by atoms with van der Waals surface area (Å²) in [6.45, 7) is 9.52. The van der Waals surface area contributed by atoms with E-state index in [1.54, 1.807) is 4.52 Å². The van der Waals surface area contributed by atoms with E-state index in [1.807, 2.05) is 18.0 Å². The van der Waals surface area contributed by atoms with Crippen molar-refractivity contribution in [2.45, 2.75) is 45.4 Å². The van der Waals surface area contributed by atoms with E-state index in [4.69, 9.17) is 0 Å². The Morgan fingerprint density at radius 1 is 1.13 bits per heavy atom. The molecule has 11 heteroatoms. The number of rotatable bonds is 5. The topological polar surface area (TPSA) is 123 Å². The highest BCUT2D eigenvalue weighted by atomic mass is 32.3. The van der Waals surface area contributed by atoms with Gasteiger partial charge in [0.05, 0.1) is 23.7 Å². The lowest BCUT2D eigenvalue weighted by atomic mass is 9.87. The summed E-state index contributed by atoms with van der Waals surface area (Å²) in [6.07, 6.45) is 3.88. The molecule has 2 saturated heterocycles. The molecule has 0 spiro atoms. The van der Waals surface area contributed by atoms with Crippen LogP contribution in [0.1, 0.15) is 55.2 Å². The molecule has 208 valence electrons. The molecule has 5 heterocycles. The van der Waals surface area contributed by atoms with Gasteiger partial charge in [0.15, 0.2) is 5.65 Å². The molecule has 0 aliphatic carbocycles. The number of tetrazole rings is 1. The second-order valence-corrected chi connectivity index (χ2v) is 13.8. The van der Waals surface area contributed by atoms with Crippen LogP contribution >= 0.6 is 10.6 Å². The number of likely N-dealkylation sites (tertiary alicyclic amines) is 1. The highest BCUT2D eigenvalue weighted by molar-refractivity contribution is 8.24. The molecule has 0 radical (unpaired) electrons. The molecule has 0 bridgehead atoms. The van der Waals surface area contributed by atoms with Crippen molar-refractivity contribution in [1.29, 1.82) is 0 Å². The zero-order valence-electron chi connectivity index (χ0n) is 22.8. The van der Waals surface area contributed by atoms with Crippen LogP contribution in [0, 0.1) is 6.92 Å². The van der Waals surface area contributed by atoms with E-state index in [0.29, 0.717) is 43.0 Å². The first-order chi connectivity index (χ1) is 18.7. The lowest BCUT2D eigenvalue weighted by Crippen LogP contribution is -2.47. The van der Waals surface area contributed by atoms with Crippen molar-refractivity contribution in [3.8, 4) is 11.3 Å². The maximum atomic E-state index is 12.9. The molecule has 1 amide bonds.